The van der Waals surface area contributed by atoms with Gasteiger partial charge in [-0.3, -0.25) is 4.79 Å². The van der Waals surface area contributed by atoms with Crippen molar-refractivity contribution in [3.63, 3.8) is 0 Å². The molecule has 0 heterocycles. The molecular formula is C18H21ClN2O3. The highest BCUT2D eigenvalue weighted by Crippen LogP contribution is 2.25. The first-order valence-electron chi connectivity index (χ1n) is 7.70. The Kier molecular flexibility index (Phi) is 6.46. The van der Waals surface area contributed by atoms with Gasteiger partial charge in [0.15, 0.2) is 0 Å². The topological polar surface area (TPSA) is 73.6 Å². The van der Waals surface area contributed by atoms with Crippen molar-refractivity contribution in [3.05, 3.63) is 53.1 Å². The summed E-state index contributed by atoms with van der Waals surface area (Å²) in [5.41, 5.74) is 6.43. The molecular weight excluding hydrogens is 328 g/mol. The third-order valence-electron chi connectivity index (χ3n) is 3.05. The molecule has 0 aliphatic heterocycles. The molecule has 2 aromatic rings. The maximum absolute atomic E-state index is 12.5. The molecule has 0 aliphatic rings. The molecule has 0 bridgehead atoms. The molecule has 3 N–H and O–H groups in total. The van der Waals surface area contributed by atoms with Crippen LogP contribution in [0.5, 0.6) is 11.5 Å². The van der Waals surface area contributed by atoms with Crippen LogP contribution in [-0.4, -0.2) is 25.2 Å². The first kappa shape index (κ1) is 18.1. The number of amides is 1. The molecule has 2 rings (SSSR count). The van der Waals surface area contributed by atoms with E-state index in [0.717, 1.165) is 0 Å². The number of nitrogens with two attached hydrogens (primary N) is 1. The van der Waals surface area contributed by atoms with Crippen LogP contribution >= 0.6 is 11.6 Å². The van der Waals surface area contributed by atoms with Crippen LogP contribution in [0.15, 0.2) is 42.5 Å². The fraction of sp³-hybridized carbons (Fsp3) is 0.278. The number of anilines is 1. The van der Waals surface area contributed by atoms with Gasteiger partial charge < -0.3 is 20.5 Å². The maximum Gasteiger partial charge on any atom is 0.259 e. The molecule has 6 heteroatoms. The number of hydrogen-bond donors (Lipinski definition) is 2. The number of rotatable bonds is 7. The molecule has 0 radical (unpaired) electrons. The first-order chi connectivity index (χ1) is 11.5. The molecule has 5 nitrogen and oxygen atoms in total. The van der Waals surface area contributed by atoms with Gasteiger partial charge in [-0.2, -0.15) is 0 Å². The van der Waals surface area contributed by atoms with Crippen molar-refractivity contribution in [3.8, 4) is 11.5 Å². The van der Waals surface area contributed by atoms with Gasteiger partial charge in [-0.15, -0.1) is 0 Å². The Bertz CT molecular complexity index is 687. The molecule has 24 heavy (non-hydrogen) atoms. The van der Waals surface area contributed by atoms with Gasteiger partial charge >= 0.3 is 0 Å². The van der Waals surface area contributed by atoms with Crippen LogP contribution in [0, 0.1) is 0 Å². The van der Waals surface area contributed by atoms with E-state index in [2.05, 4.69) is 5.32 Å². The number of nitrogens with one attached hydrogen (secondary N) is 1. The lowest BCUT2D eigenvalue weighted by Gasteiger charge is -2.14. The van der Waals surface area contributed by atoms with Gasteiger partial charge in [0.2, 0.25) is 0 Å². The quantitative estimate of drug-likeness (QED) is 0.799. The minimum absolute atomic E-state index is 0.0447. The Balaban J connectivity index is 2.13. The van der Waals surface area contributed by atoms with Crippen LogP contribution in [0.4, 0.5) is 5.69 Å². The number of carbonyl (C=O) groups is 1. The van der Waals surface area contributed by atoms with Gasteiger partial charge in [0.05, 0.1) is 11.7 Å². The maximum atomic E-state index is 12.5. The third kappa shape index (κ3) is 5.15. The number of halogens is 1. The molecule has 0 spiro atoms. The van der Waals surface area contributed by atoms with E-state index in [-0.39, 0.29) is 12.0 Å². The van der Waals surface area contributed by atoms with Crippen LogP contribution in [0.1, 0.15) is 24.2 Å². The molecule has 0 saturated carbocycles. The third-order valence-corrected chi connectivity index (χ3v) is 3.28. The van der Waals surface area contributed by atoms with E-state index >= 15 is 0 Å². The van der Waals surface area contributed by atoms with Gasteiger partial charge in [-0.25, -0.2) is 0 Å². The first-order valence-corrected chi connectivity index (χ1v) is 8.08. The van der Waals surface area contributed by atoms with Crippen molar-refractivity contribution in [1.29, 1.82) is 0 Å². The Hall–Kier alpha value is -2.24. The summed E-state index contributed by atoms with van der Waals surface area (Å²) >= 11 is 6.01. The molecule has 0 saturated heterocycles. The summed E-state index contributed by atoms with van der Waals surface area (Å²) < 4.78 is 11.1. The van der Waals surface area contributed by atoms with E-state index in [9.17, 15) is 4.79 Å². The molecule has 0 aliphatic carbocycles. The fourth-order valence-electron chi connectivity index (χ4n) is 2.05. The molecule has 0 aromatic heterocycles. The second-order valence-corrected chi connectivity index (χ2v) is 5.86. The lowest BCUT2D eigenvalue weighted by Crippen LogP contribution is -2.16. The van der Waals surface area contributed by atoms with Gasteiger partial charge in [-0.05, 0) is 56.3 Å². The van der Waals surface area contributed by atoms with Crippen molar-refractivity contribution in [2.45, 2.75) is 20.0 Å². The lowest BCUT2D eigenvalue weighted by molar-refractivity contribution is 0.102. The minimum atomic E-state index is -0.288. The number of carbonyl (C=O) groups excluding carboxylic acids is 1. The highest BCUT2D eigenvalue weighted by atomic mass is 35.5. The van der Waals surface area contributed by atoms with E-state index < -0.39 is 0 Å². The van der Waals surface area contributed by atoms with Gasteiger partial charge in [0.25, 0.3) is 5.91 Å². The monoisotopic (exact) mass is 348 g/mol. The van der Waals surface area contributed by atoms with Gasteiger partial charge in [-0.1, -0.05) is 11.6 Å². The zero-order valence-corrected chi connectivity index (χ0v) is 14.5. The fourth-order valence-corrected chi connectivity index (χ4v) is 2.22. The Morgan fingerprint density at radius 2 is 1.92 bits per heavy atom. The van der Waals surface area contributed by atoms with E-state index in [0.29, 0.717) is 40.9 Å². The second kappa shape index (κ2) is 8.57. The van der Waals surface area contributed by atoms with Crippen molar-refractivity contribution in [1.82, 2.24) is 0 Å². The minimum Gasteiger partial charge on any atom is -0.492 e. The van der Waals surface area contributed by atoms with Crippen LogP contribution in [-0.2, 0) is 0 Å². The molecule has 1 amide bonds. The standard InChI is InChI=1S/C18H21ClN2O3/c1-12(2)24-17-8-3-13(19)11-16(17)18(22)21-14-4-6-15(7-5-14)23-10-9-20/h3-8,11-12H,9-10,20H2,1-2H3,(H,21,22). The number of hydrogen-bond acceptors (Lipinski definition) is 4. The summed E-state index contributed by atoms with van der Waals surface area (Å²) in [6, 6.07) is 12.0. The Labute approximate surface area is 146 Å². The Morgan fingerprint density at radius 3 is 2.54 bits per heavy atom. The summed E-state index contributed by atoms with van der Waals surface area (Å²) in [5.74, 6) is 0.906. The number of ether oxygens (including phenoxy) is 2. The Morgan fingerprint density at radius 1 is 1.21 bits per heavy atom. The molecule has 128 valence electrons. The molecule has 0 atom stereocenters. The zero-order chi connectivity index (χ0) is 17.5. The van der Waals surface area contributed by atoms with E-state index in [1.165, 1.54) is 0 Å². The van der Waals surface area contributed by atoms with Crippen molar-refractivity contribution < 1.29 is 14.3 Å². The molecule has 0 fully saturated rings. The highest BCUT2D eigenvalue weighted by Gasteiger charge is 2.15. The van der Waals surface area contributed by atoms with E-state index in [1.54, 1.807) is 42.5 Å². The lowest BCUT2D eigenvalue weighted by atomic mass is 10.1. The van der Waals surface area contributed by atoms with Gasteiger partial charge in [0, 0.05) is 17.3 Å². The largest absolute Gasteiger partial charge is 0.492 e. The summed E-state index contributed by atoms with van der Waals surface area (Å²) in [5, 5.41) is 3.30. The average Bonchev–Trinajstić information content (AvgIpc) is 2.55. The summed E-state index contributed by atoms with van der Waals surface area (Å²) in [6.45, 7) is 4.70. The molecule has 0 unspecified atom stereocenters. The average molecular weight is 349 g/mol. The second-order valence-electron chi connectivity index (χ2n) is 5.42. The molecule has 2 aromatic carbocycles. The van der Waals surface area contributed by atoms with Crippen molar-refractivity contribution in [2.24, 2.45) is 5.73 Å². The van der Waals surface area contributed by atoms with Crippen LogP contribution in [0.2, 0.25) is 5.02 Å². The van der Waals surface area contributed by atoms with Crippen LogP contribution in [0.3, 0.4) is 0 Å². The highest BCUT2D eigenvalue weighted by molar-refractivity contribution is 6.31. The van der Waals surface area contributed by atoms with E-state index in [4.69, 9.17) is 26.8 Å². The van der Waals surface area contributed by atoms with E-state index in [1.807, 2.05) is 13.8 Å². The summed E-state index contributed by atoms with van der Waals surface area (Å²) in [4.78, 5) is 12.5. The van der Waals surface area contributed by atoms with Crippen molar-refractivity contribution in [2.75, 3.05) is 18.5 Å². The predicted octanol–water partition coefficient (Wildman–Crippen LogP) is 3.72. The smallest absolute Gasteiger partial charge is 0.259 e. The summed E-state index contributed by atoms with van der Waals surface area (Å²) in [6.07, 6.45) is -0.0447. The van der Waals surface area contributed by atoms with Crippen LogP contribution < -0.4 is 20.5 Å². The predicted molar refractivity (Wildman–Crippen MR) is 96.2 cm³/mol. The van der Waals surface area contributed by atoms with Crippen molar-refractivity contribution >= 4 is 23.2 Å². The van der Waals surface area contributed by atoms with Gasteiger partial charge in [0.1, 0.15) is 18.1 Å². The zero-order valence-electron chi connectivity index (χ0n) is 13.7. The SMILES string of the molecule is CC(C)Oc1ccc(Cl)cc1C(=O)Nc1ccc(OCCN)cc1. The normalized spacial score (nSPS) is 10.5. The number of benzene rings is 2. The summed E-state index contributed by atoms with van der Waals surface area (Å²) in [7, 11) is 0. The van der Waals surface area contributed by atoms with Crippen LogP contribution in [0.25, 0.3) is 0 Å².